The van der Waals surface area contributed by atoms with Crippen LogP contribution in [0.5, 0.6) is 0 Å². The Bertz CT molecular complexity index is 871. The molecule has 2 aromatic rings. The molecule has 0 atom stereocenters. The molecule has 31 heavy (non-hydrogen) atoms. The molecule has 0 unspecified atom stereocenters. The minimum atomic E-state index is -0.0607. The average molecular weight is 539 g/mol. The summed E-state index contributed by atoms with van der Waals surface area (Å²) in [5, 5.41) is 6.52. The topological polar surface area (TPSA) is 82.8 Å². The number of piperidine rings is 1. The summed E-state index contributed by atoms with van der Waals surface area (Å²) < 4.78 is 5.83. The molecular formula is C23H34IN5O2. The minimum absolute atomic E-state index is 0. The summed E-state index contributed by atoms with van der Waals surface area (Å²) in [6, 6.07) is 8.09. The highest BCUT2D eigenvalue weighted by atomic mass is 127. The SMILES string of the molecule is CCNC(=NCc1ccc(N2CCCCC2=O)cc1)NCc1ncc(C(C)(C)C)o1.I. The highest BCUT2D eigenvalue weighted by Crippen LogP contribution is 2.23. The van der Waals surface area contributed by atoms with E-state index in [2.05, 4.69) is 41.4 Å². The van der Waals surface area contributed by atoms with E-state index >= 15 is 0 Å². The molecule has 0 spiro atoms. The van der Waals surface area contributed by atoms with Crippen LogP contribution in [0.4, 0.5) is 5.69 Å². The Kier molecular flexibility index (Phi) is 9.33. The first-order valence-corrected chi connectivity index (χ1v) is 10.7. The van der Waals surface area contributed by atoms with E-state index in [1.54, 1.807) is 6.20 Å². The van der Waals surface area contributed by atoms with Crippen LogP contribution in [0.15, 0.2) is 39.9 Å². The lowest BCUT2D eigenvalue weighted by atomic mass is 9.94. The van der Waals surface area contributed by atoms with E-state index in [-0.39, 0.29) is 35.3 Å². The highest BCUT2D eigenvalue weighted by Gasteiger charge is 2.20. The van der Waals surface area contributed by atoms with Gasteiger partial charge in [0.25, 0.3) is 0 Å². The summed E-state index contributed by atoms with van der Waals surface area (Å²) in [5.41, 5.74) is 2.00. The molecule has 8 heteroatoms. The largest absolute Gasteiger partial charge is 0.443 e. The van der Waals surface area contributed by atoms with E-state index in [1.807, 2.05) is 36.1 Å². The van der Waals surface area contributed by atoms with Crippen molar-refractivity contribution in [2.45, 2.75) is 65.5 Å². The summed E-state index contributed by atoms with van der Waals surface area (Å²) in [4.78, 5) is 23.0. The van der Waals surface area contributed by atoms with Gasteiger partial charge >= 0.3 is 0 Å². The number of aromatic nitrogens is 1. The predicted molar refractivity (Wildman–Crippen MR) is 135 cm³/mol. The van der Waals surface area contributed by atoms with Gasteiger partial charge in [-0.15, -0.1) is 24.0 Å². The molecule has 0 bridgehead atoms. The fraction of sp³-hybridized carbons (Fsp3) is 0.522. The van der Waals surface area contributed by atoms with Crippen molar-refractivity contribution in [3.05, 3.63) is 47.7 Å². The van der Waals surface area contributed by atoms with Crippen LogP contribution in [0, 0.1) is 0 Å². The Balaban J connectivity index is 0.00000341. The summed E-state index contributed by atoms with van der Waals surface area (Å²) in [6.07, 6.45) is 4.49. The van der Waals surface area contributed by atoms with E-state index < -0.39 is 0 Å². The van der Waals surface area contributed by atoms with E-state index in [0.717, 1.165) is 42.9 Å². The number of benzene rings is 1. The number of nitrogens with one attached hydrogen (secondary N) is 2. The number of guanidine groups is 1. The van der Waals surface area contributed by atoms with Gasteiger partial charge in [0.2, 0.25) is 11.8 Å². The Labute approximate surface area is 202 Å². The van der Waals surface area contributed by atoms with Gasteiger partial charge in [-0.05, 0) is 37.5 Å². The second-order valence-corrected chi connectivity index (χ2v) is 8.59. The Hall–Kier alpha value is -2.10. The van der Waals surface area contributed by atoms with E-state index in [4.69, 9.17) is 4.42 Å². The Morgan fingerprint density at radius 2 is 1.94 bits per heavy atom. The molecule has 0 aliphatic carbocycles. The third-order valence-corrected chi connectivity index (χ3v) is 5.04. The molecule has 1 aliphatic rings. The van der Waals surface area contributed by atoms with Crippen molar-refractivity contribution in [2.75, 3.05) is 18.0 Å². The number of rotatable bonds is 6. The molecule has 1 aliphatic heterocycles. The Morgan fingerprint density at radius 1 is 1.19 bits per heavy atom. The van der Waals surface area contributed by atoms with Crippen molar-refractivity contribution in [1.82, 2.24) is 15.6 Å². The summed E-state index contributed by atoms with van der Waals surface area (Å²) in [6.45, 7) is 10.9. The van der Waals surface area contributed by atoms with Gasteiger partial charge in [0.1, 0.15) is 5.76 Å². The molecular weight excluding hydrogens is 505 g/mol. The number of oxazole rings is 1. The number of carbonyl (C=O) groups is 1. The van der Waals surface area contributed by atoms with E-state index in [1.165, 1.54) is 0 Å². The van der Waals surface area contributed by atoms with Gasteiger partial charge in [0.05, 0.1) is 19.3 Å². The van der Waals surface area contributed by atoms with E-state index in [0.29, 0.717) is 31.4 Å². The predicted octanol–water partition coefficient (Wildman–Crippen LogP) is 4.36. The van der Waals surface area contributed by atoms with Gasteiger partial charge in [-0.3, -0.25) is 4.79 Å². The summed E-state index contributed by atoms with van der Waals surface area (Å²) in [5.74, 6) is 2.43. The van der Waals surface area contributed by atoms with Gasteiger partial charge in [0.15, 0.2) is 5.96 Å². The molecule has 0 radical (unpaired) electrons. The second kappa shape index (κ2) is 11.5. The molecule has 1 fully saturated rings. The van der Waals surface area contributed by atoms with Crippen LogP contribution in [0.25, 0.3) is 0 Å². The maximum Gasteiger partial charge on any atom is 0.226 e. The number of anilines is 1. The molecule has 7 nitrogen and oxygen atoms in total. The quantitative estimate of drug-likeness (QED) is 0.324. The van der Waals surface area contributed by atoms with Crippen molar-refractivity contribution in [1.29, 1.82) is 0 Å². The average Bonchev–Trinajstić information content (AvgIpc) is 3.21. The third-order valence-electron chi connectivity index (χ3n) is 5.04. The van der Waals surface area contributed by atoms with Gasteiger partial charge < -0.3 is 20.0 Å². The van der Waals surface area contributed by atoms with Gasteiger partial charge in [-0.1, -0.05) is 32.9 Å². The van der Waals surface area contributed by atoms with Gasteiger partial charge in [-0.2, -0.15) is 0 Å². The molecule has 1 aromatic heterocycles. The molecule has 1 amide bonds. The molecule has 170 valence electrons. The van der Waals surface area contributed by atoms with Gasteiger partial charge in [0, 0.05) is 30.6 Å². The molecule has 2 N–H and O–H groups in total. The third kappa shape index (κ3) is 7.22. The smallest absolute Gasteiger partial charge is 0.226 e. The van der Waals surface area contributed by atoms with Crippen LogP contribution in [-0.4, -0.2) is 29.9 Å². The van der Waals surface area contributed by atoms with Crippen LogP contribution in [0.3, 0.4) is 0 Å². The van der Waals surface area contributed by atoms with Crippen LogP contribution in [-0.2, 0) is 23.3 Å². The lowest BCUT2D eigenvalue weighted by Gasteiger charge is -2.26. The van der Waals surface area contributed by atoms with Crippen molar-refractivity contribution >= 4 is 41.5 Å². The number of aliphatic imine (C=N–C) groups is 1. The molecule has 1 aromatic carbocycles. The minimum Gasteiger partial charge on any atom is -0.443 e. The maximum atomic E-state index is 12.1. The van der Waals surface area contributed by atoms with Crippen molar-refractivity contribution < 1.29 is 9.21 Å². The second-order valence-electron chi connectivity index (χ2n) is 8.59. The zero-order chi connectivity index (χ0) is 21.6. The maximum absolute atomic E-state index is 12.1. The van der Waals surface area contributed by atoms with E-state index in [9.17, 15) is 4.79 Å². The first kappa shape index (κ1) is 25.2. The number of halogens is 1. The first-order chi connectivity index (χ1) is 14.4. The molecule has 3 rings (SSSR count). The van der Waals surface area contributed by atoms with Crippen LogP contribution in [0.1, 0.15) is 64.2 Å². The molecule has 2 heterocycles. The fourth-order valence-corrected chi connectivity index (χ4v) is 3.27. The monoisotopic (exact) mass is 539 g/mol. The zero-order valence-electron chi connectivity index (χ0n) is 18.9. The van der Waals surface area contributed by atoms with Crippen molar-refractivity contribution in [2.24, 2.45) is 4.99 Å². The van der Waals surface area contributed by atoms with Crippen LogP contribution < -0.4 is 15.5 Å². The number of hydrogen-bond acceptors (Lipinski definition) is 4. The number of nitrogens with zero attached hydrogens (tertiary/aromatic N) is 3. The fourth-order valence-electron chi connectivity index (χ4n) is 3.27. The standard InChI is InChI=1S/C23H33N5O2.HI/c1-5-24-22(27-16-20-25-15-19(30-20)23(2,3)4)26-14-17-9-11-18(12-10-17)28-13-7-6-8-21(28)29;/h9-12,15H,5-8,13-14,16H2,1-4H3,(H2,24,26,27);1H. The number of carbonyl (C=O) groups excluding carboxylic acids is 1. The van der Waals surface area contributed by atoms with Gasteiger partial charge in [-0.25, -0.2) is 9.98 Å². The summed E-state index contributed by atoms with van der Waals surface area (Å²) >= 11 is 0. The molecule has 0 saturated carbocycles. The number of hydrogen-bond donors (Lipinski definition) is 2. The lowest BCUT2D eigenvalue weighted by Crippen LogP contribution is -2.36. The zero-order valence-corrected chi connectivity index (χ0v) is 21.2. The van der Waals surface area contributed by atoms with Crippen molar-refractivity contribution in [3.63, 3.8) is 0 Å². The lowest BCUT2D eigenvalue weighted by molar-refractivity contribution is -0.119. The normalized spacial score (nSPS) is 14.9. The van der Waals surface area contributed by atoms with Crippen LogP contribution >= 0.6 is 24.0 Å². The first-order valence-electron chi connectivity index (χ1n) is 10.7. The van der Waals surface area contributed by atoms with Crippen molar-refractivity contribution in [3.8, 4) is 0 Å². The Morgan fingerprint density at radius 3 is 2.55 bits per heavy atom. The number of amides is 1. The highest BCUT2D eigenvalue weighted by molar-refractivity contribution is 14.0. The molecule has 1 saturated heterocycles. The summed E-state index contributed by atoms with van der Waals surface area (Å²) in [7, 11) is 0. The van der Waals surface area contributed by atoms with Crippen LogP contribution in [0.2, 0.25) is 0 Å².